The fourth-order valence-corrected chi connectivity index (χ4v) is 3.15. The molecular weight excluding hydrogens is 260 g/mol. The van der Waals surface area contributed by atoms with Gasteiger partial charge in [-0.05, 0) is 30.9 Å². The van der Waals surface area contributed by atoms with Crippen molar-refractivity contribution in [1.29, 1.82) is 0 Å². The summed E-state index contributed by atoms with van der Waals surface area (Å²) in [5.74, 6) is 0.860. The van der Waals surface area contributed by atoms with Gasteiger partial charge in [0, 0.05) is 19.1 Å². The van der Waals surface area contributed by atoms with E-state index in [1.807, 2.05) is 30.3 Å². The SMILES string of the molecule is CCCNC1CCN(C(=O)Cc2ccccc2)CC1CC. The first kappa shape index (κ1) is 16.0. The van der Waals surface area contributed by atoms with Crippen molar-refractivity contribution in [1.82, 2.24) is 10.2 Å². The first-order valence-electron chi connectivity index (χ1n) is 8.29. The number of likely N-dealkylation sites (tertiary alicyclic amines) is 1. The Morgan fingerprint density at radius 1 is 1.29 bits per heavy atom. The highest BCUT2D eigenvalue weighted by atomic mass is 16.2. The molecule has 3 nitrogen and oxygen atoms in total. The van der Waals surface area contributed by atoms with Gasteiger partial charge in [0.25, 0.3) is 0 Å². The van der Waals surface area contributed by atoms with Gasteiger partial charge in [-0.2, -0.15) is 0 Å². The molecule has 116 valence electrons. The monoisotopic (exact) mass is 288 g/mol. The van der Waals surface area contributed by atoms with E-state index in [2.05, 4.69) is 24.1 Å². The average Bonchev–Trinajstić information content (AvgIpc) is 2.53. The molecule has 0 spiro atoms. The molecule has 2 unspecified atom stereocenters. The minimum absolute atomic E-state index is 0.272. The van der Waals surface area contributed by atoms with E-state index in [9.17, 15) is 4.79 Å². The zero-order valence-corrected chi connectivity index (χ0v) is 13.3. The predicted molar refractivity (Wildman–Crippen MR) is 87.2 cm³/mol. The molecule has 1 aromatic carbocycles. The number of carbonyl (C=O) groups excluding carboxylic acids is 1. The Kier molecular flexibility index (Phi) is 6.24. The summed E-state index contributed by atoms with van der Waals surface area (Å²) in [6, 6.07) is 10.6. The van der Waals surface area contributed by atoms with E-state index in [4.69, 9.17) is 0 Å². The van der Waals surface area contributed by atoms with E-state index in [1.54, 1.807) is 0 Å². The molecule has 2 rings (SSSR count). The van der Waals surface area contributed by atoms with E-state index < -0.39 is 0 Å². The molecule has 1 amide bonds. The Labute approximate surface area is 128 Å². The summed E-state index contributed by atoms with van der Waals surface area (Å²) in [5.41, 5.74) is 1.11. The maximum atomic E-state index is 12.5. The van der Waals surface area contributed by atoms with E-state index in [-0.39, 0.29) is 5.91 Å². The van der Waals surface area contributed by atoms with Crippen LogP contribution in [0.15, 0.2) is 30.3 Å². The number of benzene rings is 1. The van der Waals surface area contributed by atoms with Crippen molar-refractivity contribution in [2.45, 2.75) is 45.6 Å². The highest BCUT2D eigenvalue weighted by Crippen LogP contribution is 2.21. The Morgan fingerprint density at radius 2 is 2.05 bits per heavy atom. The van der Waals surface area contributed by atoms with E-state index in [1.165, 1.54) is 6.42 Å². The van der Waals surface area contributed by atoms with Crippen LogP contribution in [0.25, 0.3) is 0 Å². The fourth-order valence-electron chi connectivity index (χ4n) is 3.15. The van der Waals surface area contributed by atoms with Gasteiger partial charge < -0.3 is 10.2 Å². The summed E-state index contributed by atoms with van der Waals surface area (Å²) in [5, 5.41) is 3.64. The number of hydrogen-bond acceptors (Lipinski definition) is 2. The van der Waals surface area contributed by atoms with Crippen LogP contribution < -0.4 is 5.32 Å². The molecule has 1 heterocycles. The summed E-state index contributed by atoms with van der Waals surface area (Å²) in [6.45, 7) is 7.31. The number of hydrogen-bond donors (Lipinski definition) is 1. The lowest BCUT2D eigenvalue weighted by atomic mass is 9.89. The van der Waals surface area contributed by atoms with Gasteiger partial charge in [-0.1, -0.05) is 50.6 Å². The third kappa shape index (κ3) is 4.57. The normalized spacial score (nSPS) is 22.3. The van der Waals surface area contributed by atoms with E-state index in [0.717, 1.165) is 38.0 Å². The van der Waals surface area contributed by atoms with Gasteiger partial charge in [-0.3, -0.25) is 4.79 Å². The number of amides is 1. The molecule has 0 saturated carbocycles. The summed E-state index contributed by atoms with van der Waals surface area (Å²) in [6.07, 6.45) is 3.92. The second-order valence-electron chi connectivity index (χ2n) is 6.02. The van der Waals surface area contributed by atoms with Crippen LogP contribution in [0.2, 0.25) is 0 Å². The standard InChI is InChI=1S/C18H28N2O/c1-3-11-19-17-10-12-20(14-16(17)4-2)18(21)13-15-8-6-5-7-9-15/h5-9,16-17,19H,3-4,10-14H2,1-2H3. The van der Waals surface area contributed by atoms with Crippen LogP contribution in [0.3, 0.4) is 0 Å². The number of nitrogens with one attached hydrogen (secondary N) is 1. The van der Waals surface area contributed by atoms with E-state index >= 15 is 0 Å². The van der Waals surface area contributed by atoms with Gasteiger partial charge in [0.2, 0.25) is 5.91 Å². The third-order valence-electron chi connectivity index (χ3n) is 4.47. The van der Waals surface area contributed by atoms with Gasteiger partial charge in [0.1, 0.15) is 0 Å². The molecule has 1 saturated heterocycles. The Bertz CT molecular complexity index is 432. The minimum Gasteiger partial charge on any atom is -0.342 e. The summed E-state index contributed by atoms with van der Waals surface area (Å²) in [4.78, 5) is 14.5. The van der Waals surface area contributed by atoms with Gasteiger partial charge in [-0.15, -0.1) is 0 Å². The van der Waals surface area contributed by atoms with Gasteiger partial charge in [-0.25, -0.2) is 0 Å². The van der Waals surface area contributed by atoms with Crippen molar-refractivity contribution in [3.8, 4) is 0 Å². The Hall–Kier alpha value is -1.35. The molecule has 1 aliphatic heterocycles. The highest BCUT2D eigenvalue weighted by Gasteiger charge is 2.29. The number of piperidine rings is 1. The lowest BCUT2D eigenvalue weighted by molar-refractivity contribution is -0.132. The molecule has 2 atom stereocenters. The third-order valence-corrected chi connectivity index (χ3v) is 4.47. The summed E-state index contributed by atoms with van der Waals surface area (Å²) >= 11 is 0. The van der Waals surface area contributed by atoms with Crippen molar-refractivity contribution < 1.29 is 4.79 Å². The highest BCUT2D eigenvalue weighted by molar-refractivity contribution is 5.78. The molecular formula is C18H28N2O. The molecule has 0 bridgehead atoms. The van der Waals surface area contributed by atoms with Crippen molar-refractivity contribution >= 4 is 5.91 Å². The predicted octanol–water partition coefficient (Wildman–Crippen LogP) is 2.86. The molecule has 1 fully saturated rings. The molecule has 0 aromatic heterocycles. The van der Waals surface area contributed by atoms with Gasteiger partial charge in [0.05, 0.1) is 6.42 Å². The van der Waals surface area contributed by atoms with Crippen LogP contribution >= 0.6 is 0 Å². The second-order valence-corrected chi connectivity index (χ2v) is 6.02. The maximum absolute atomic E-state index is 12.5. The van der Waals surface area contributed by atoms with Crippen LogP contribution in [-0.4, -0.2) is 36.5 Å². The lowest BCUT2D eigenvalue weighted by Gasteiger charge is -2.39. The second kappa shape index (κ2) is 8.18. The zero-order valence-electron chi connectivity index (χ0n) is 13.3. The smallest absolute Gasteiger partial charge is 0.227 e. The first-order valence-corrected chi connectivity index (χ1v) is 8.29. The average molecular weight is 288 g/mol. The largest absolute Gasteiger partial charge is 0.342 e. The van der Waals surface area contributed by atoms with Crippen LogP contribution in [-0.2, 0) is 11.2 Å². The quantitative estimate of drug-likeness (QED) is 0.873. The van der Waals surface area contributed by atoms with Crippen molar-refractivity contribution in [3.63, 3.8) is 0 Å². The van der Waals surface area contributed by atoms with Crippen molar-refractivity contribution in [2.24, 2.45) is 5.92 Å². The zero-order chi connectivity index (χ0) is 15.1. The van der Waals surface area contributed by atoms with Crippen molar-refractivity contribution in [3.05, 3.63) is 35.9 Å². The minimum atomic E-state index is 0.272. The van der Waals surface area contributed by atoms with Gasteiger partial charge in [0.15, 0.2) is 0 Å². The topological polar surface area (TPSA) is 32.3 Å². The number of nitrogens with zero attached hydrogens (tertiary/aromatic N) is 1. The Morgan fingerprint density at radius 3 is 2.71 bits per heavy atom. The van der Waals surface area contributed by atoms with Crippen LogP contribution in [0, 0.1) is 5.92 Å². The maximum Gasteiger partial charge on any atom is 0.227 e. The number of rotatable bonds is 6. The summed E-state index contributed by atoms with van der Waals surface area (Å²) < 4.78 is 0. The molecule has 0 radical (unpaired) electrons. The van der Waals surface area contributed by atoms with E-state index in [0.29, 0.717) is 18.4 Å². The molecule has 0 aliphatic carbocycles. The molecule has 21 heavy (non-hydrogen) atoms. The Balaban J connectivity index is 1.89. The lowest BCUT2D eigenvalue weighted by Crippen LogP contribution is -2.51. The molecule has 1 N–H and O–H groups in total. The fraction of sp³-hybridized carbons (Fsp3) is 0.611. The summed E-state index contributed by atoms with van der Waals surface area (Å²) in [7, 11) is 0. The number of carbonyl (C=O) groups is 1. The molecule has 1 aliphatic rings. The van der Waals surface area contributed by atoms with Crippen LogP contribution in [0.1, 0.15) is 38.7 Å². The first-order chi connectivity index (χ1) is 10.2. The van der Waals surface area contributed by atoms with Gasteiger partial charge >= 0.3 is 0 Å². The van der Waals surface area contributed by atoms with Crippen molar-refractivity contribution in [2.75, 3.05) is 19.6 Å². The van der Waals surface area contributed by atoms with Crippen LogP contribution in [0.5, 0.6) is 0 Å². The molecule has 1 aromatic rings. The van der Waals surface area contributed by atoms with Crippen LogP contribution in [0.4, 0.5) is 0 Å². The molecule has 3 heteroatoms.